The summed E-state index contributed by atoms with van der Waals surface area (Å²) in [5.41, 5.74) is 0.816. The molecule has 8 heteroatoms. The molecule has 1 fully saturated rings. The lowest BCUT2D eigenvalue weighted by Gasteiger charge is -2.36. The van der Waals surface area contributed by atoms with E-state index in [0.717, 1.165) is 18.8 Å². The number of benzene rings is 1. The predicted molar refractivity (Wildman–Crippen MR) is 99.0 cm³/mol. The Balaban J connectivity index is 1.71. The van der Waals surface area contributed by atoms with Gasteiger partial charge in [0.25, 0.3) is 0 Å². The lowest BCUT2D eigenvalue weighted by atomic mass is 9.92. The molecule has 3 rings (SSSR count). The number of tetrazole rings is 1. The fourth-order valence-corrected chi connectivity index (χ4v) is 4.32. The van der Waals surface area contributed by atoms with Crippen LogP contribution < -0.4 is 0 Å². The third-order valence-corrected chi connectivity index (χ3v) is 5.60. The van der Waals surface area contributed by atoms with Gasteiger partial charge in [-0.1, -0.05) is 37.2 Å². The molecule has 0 saturated carbocycles. The number of nitrogens with zero attached hydrogens (tertiary/aromatic N) is 5. The van der Waals surface area contributed by atoms with E-state index in [9.17, 15) is 4.79 Å². The van der Waals surface area contributed by atoms with Crippen molar-refractivity contribution in [3.8, 4) is 5.69 Å². The second-order valence-corrected chi connectivity index (χ2v) is 8.54. The summed E-state index contributed by atoms with van der Waals surface area (Å²) in [5, 5.41) is 12.9. The van der Waals surface area contributed by atoms with Crippen molar-refractivity contribution in [1.82, 2.24) is 25.1 Å². The molecule has 0 aliphatic carbocycles. The average molecular weight is 380 g/mol. The molecule has 1 aromatic carbocycles. The van der Waals surface area contributed by atoms with E-state index in [1.54, 1.807) is 16.8 Å². The second kappa shape index (κ2) is 7.74. The molecule has 0 unspecified atom stereocenters. The van der Waals surface area contributed by atoms with Crippen LogP contribution in [0, 0.1) is 11.8 Å². The number of hydrogen-bond donors (Lipinski definition) is 0. The minimum atomic E-state index is -0.241. The summed E-state index contributed by atoms with van der Waals surface area (Å²) < 4.78 is 1.63. The Labute approximate surface area is 156 Å². The molecule has 25 heavy (non-hydrogen) atoms. The number of thioether (sulfide) groups is 1. The van der Waals surface area contributed by atoms with Gasteiger partial charge in [0.2, 0.25) is 11.1 Å². The second-order valence-electron chi connectivity index (χ2n) is 6.80. The molecule has 0 spiro atoms. The van der Waals surface area contributed by atoms with Gasteiger partial charge in [-0.15, -0.1) is 5.10 Å². The van der Waals surface area contributed by atoms with Gasteiger partial charge >= 0.3 is 0 Å². The van der Waals surface area contributed by atoms with Gasteiger partial charge in [0.05, 0.1) is 10.9 Å². The Morgan fingerprint density at radius 3 is 2.52 bits per heavy atom. The molecule has 0 radical (unpaired) electrons. The highest BCUT2D eigenvalue weighted by Gasteiger charge is 2.29. The Bertz CT molecular complexity index is 725. The normalized spacial score (nSPS) is 22.0. The monoisotopic (exact) mass is 379 g/mol. The first kappa shape index (κ1) is 18.2. The van der Waals surface area contributed by atoms with Crippen LogP contribution in [0.5, 0.6) is 0 Å². The van der Waals surface area contributed by atoms with Gasteiger partial charge in [-0.25, -0.2) is 0 Å². The molecular weight excluding hydrogens is 358 g/mol. The Kier molecular flexibility index (Phi) is 5.64. The number of halogens is 1. The maximum absolute atomic E-state index is 12.8. The van der Waals surface area contributed by atoms with Crippen molar-refractivity contribution < 1.29 is 4.79 Å². The fraction of sp³-hybridized carbons (Fsp3) is 0.529. The number of likely N-dealkylation sites (tertiary alicyclic amines) is 1. The van der Waals surface area contributed by atoms with Crippen molar-refractivity contribution in [2.45, 2.75) is 37.6 Å². The van der Waals surface area contributed by atoms with Crippen LogP contribution in [0.25, 0.3) is 5.69 Å². The largest absolute Gasteiger partial charge is 0.341 e. The maximum atomic E-state index is 12.8. The van der Waals surface area contributed by atoms with Crippen LogP contribution in [0.2, 0.25) is 5.02 Å². The van der Waals surface area contributed by atoms with Crippen LogP contribution in [0.15, 0.2) is 29.4 Å². The van der Waals surface area contributed by atoms with Crippen LogP contribution in [0.1, 0.15) is 27.2 Å². The topological polar surface area (TPSA) is 63.9 Å². The third kappa shape index (κ3) is 4.33. The zero-order valence-corrected chi connectivity index (χ0v) is 16.2. The number of rotatable bonds is 4. The highest BCUT2D eigenvalue weighted by atomic mass is 35.5. The standard InChI is InChI=1S/C17H22ClN5OS/c1-11-8-12(2)10-22(9-11)16(24)13(3)25-17-19-20-21-23(17)15-6-4-14(18)5-7-15/h4-7,11-13H,8-10H2,1-3H3/t11-,12+,13-/m0/s1. The smallest absolute Gasteiger partial charge is 0.235 e. The van der Waals surface area contributed by atoms with E-state index in [1.807, 2.05) is 24.0 Å². The first-order valence-electron chi connectivity index (χ1n) is 8.43. The van der Waals surface area contributed by atoms with Gasteiger partial charge in [-0.3, -0.25) is 4.79 Å². The molecule has 2 aromatic rings. The summed E-state index contributed by atoms with van der Waals surface area (Å²) >= 11 is 7.31. The predicted octanol–water partition coefficient (Wildman–Crippen LogP) is 3.30. The van der Waals surface area contributed by atoms with E-state index in [4.69, 9.17) is 11.6 Å². The van der Waals surface area contributed by atoms with E-state index in [1.165, 1.54) is 18.2 Å². The summed E-state index contributed by atoms with van der Waals surface area (Å²) in [6, 6.07) is 7.28. The SMILES string of the molecule is C[C@@H]1C[C@H](C)CN(C(=O)[C@H](C)Sc2nnnn2-c2ccc(Cl)cc2)C1. The summed E-state index contributed by atoms with van der Waals surface area (Å²) in [7, 11) is 0. The molecule has 134 valence electrons. The number of piperidine rings is 1. The highest BCUT2D eigenvalue weighted by molar-refractivity contribution is 8.00. The van der Waals surface area contributed by atoms with Crippen molar-refractivity contribution in [3.63, 3.8) is 0 Å². The van der Waals surface area contributed by atoms with Gasteiger partial charge in [-0.2, -0.15) is 4.68 Å². The van der Waals surface area contributed by atoms with E-state index >= 15 is 0 Å². The van der Waals surface area contributed by atoms with Gasteiger partial charge in [0.15, 0.2) is 0 Å². The molecular formula is C17H22ClN5OS. The third-order valence-electron chi connectivity index (χ3n) is 4.32. The van der Waals surface area contributed by atoms with Crippen LogP contribution in [-0.2, 0) is 4.79 Å². The summed E-state index contributed by atoms with van der Waals surface area (Å²) in [6.07, 6.45) is 1.18. The zero-order chi connectivity index (χ0) is 18.0. The number of hydrogen-bond acceptors (Lipinski definition) is 5. The van der Waals surface area contributed by atoms with Gasteiger partial charge < -0.3 is 4.90 Å². The molecule has 1 saturated heterocycles. The van der Waals surface area contributed by atoms with Crippen molar-refractivity contribution in [2.24, 2.45) is 11.8 Å². The number of aromatic nitrogens is 4. The Hall–Kier alpha value is -1.60. The average Bonchev–Trinajstić information content (AvgIpc) is 3.02. The van der Waals surface area contributed by atoms with E-state index in [2.05, 4.69) is 29.4 Å². The molecule has 1 amide bonds. The molecule has 3 atom stereocenters. The number of carbonyl (C=O) groups is 1. The van der Waals surface area contributed by atoms with Crippen LogP contribution >= 0.6 is 23.4 Å². The minimum absolute atomic E-state index is 0.147. The van der Waals surface area contributed by atoms with E-state index in [-0.39, 0.29) is 11.2 Å². The number of carbonyl (C=O) groups excluding carboxylic acids is 1. The fourth-order valence-electron chi connectivity index (χ4n) is 3.31. The molecule has 1 aromatic heterocycles. The molecule has 1 aliphatic rings. The highest BCUT2D eigenvalue weighted by Crippen LogP contribution is 2.27. The first-order chi connectivity index (χ1) is 11.9. The van der Waals surface area contributed by atoms with Crippen LogP contribution in [0.4, 0.5) is 0 Å². The molecule has 0 bridgehead atoms. The van der Waals surface area contributed by atoms with E-state index in [0.29, 0.717) is 22.0 Å². The summed E-state index contributed by atoms with van der Waals surface area (Å²) in [5.74, 6) is 1.24. The lowest BCUT2D eigenvalue weighted by Crippen LogP contribution is -2.45. The quantitative estimate of drug-likeness (QED) is 0.762. The first-order valence-corrected chi connectivity index (χ1v) is 9.69. The van der Waals surface area contributed by atoms with Gasteiger partial charge in [0, 0.05) is 18.1 Å². The maximum Gasteiger partial charge on any atom is 0.235 e. The van der Waals surface area contributed by atoms with Gasteiger partial charge in [-0.05, 0) is 59.9 Å². The molecule has 2 heterocycles. The zero-order valence-electron chi connectivity index (χ0n) is 14.6. The Morgan fingerprint density at radius 2 is 1.88 bits per heavy atom. The van der Waals surface area contributed by atoms with Crippen molar-refractivity contribution >= 4 is 29.3 Å². The van der Waals surface area contributed by atoms with Crippen LogP contribution in [0.3, 0.4) is 0 Å². The Morgan fingerprint density at radius 1 is 1.24 bits per heavy atom. The van der Waals surface area contributed by atoms with Crippen LogP contribution in [-0.4, -0.2) is 49.4 Å². The molecule has 1 aliphatic heterocycles. The van der Waals surface area contributed by atoms with Crippen molar-refractivity contribution in [2.75, 3.05) is 13.1 Å². The van der Waals surface area contributed by atoms with Crippen molar-refractivity contribution in [1.29, 1.82) is 0 Å². The summed E-state index contributed by atoms with van der Waals surface area (Å²) in [6.45, 7) is 7.98. The number of amides is 1. The molecule has 6 nitrogen and oxygen atoms in total. The molecule has 0 N–H and O–H groups in total. The van der Waals surface area contributed by atoms with Gasteiger partial charge in [0.1, 0.15) is 0 Å². The van der Waals surface area contributed by atoms with E-state index < -0.39 is 0 Å². The summed E-state index contributed by atoms with van der Waals surface area (Å²) in [4.78, 5) is 14.8. The van der Waals surface area contributed by atoms with Crippen molar-refractivity contribution in [3.05, 3.63) is 29.3 Å². The lowest BCUT2D eigenvalue weighted by molar-refractivity contribution is -0.132. The minimum Gasteiger partial charge on any atom is -0.341 e.